The minimum Gasteiger partial charge on any atom is -0.368 e. The van der Waals surface area contributed by atoms with Gasteiger partial charge in [0.15, 0.2) is 5.82 Å². The molecule has 2 aromatic rings. The first-order valence-electron chi connectivity index (χ1n) is 6.61. The molecule has 2 heterocycles. The quantitative estimate of drug-likeness (QED) is 0.863. The van der Waals surface area contributed by atoms with Crippen molar-refractivity contribution in [3.8, 4) is 0 Å². The third-order valence-electron chi connectivity index (χ3n) is 3.77. The van der Waals surface area contributed by atoms with Gasteiger partial charge in [0.2, 0.25) is 0 Å². The standard InChI is InChI=1S/C13H19N5/c14-11-3-1-10(2-4-11)9-16-13-12-5-6-17-18(12)8-7-15-13/h5-8,10-11H,1-4,9,14H2,(H,15,16). The SMILES string of the molecule is NC1CCC(CNc2nccn3nccc23)CC1. The van der Waals surface area contributed by atoms with E-state index in [0.717, 1.165) is 36.6 Å². The smallest absolute Gasteiger partial charge is 0.152 e. The normalized spacial score (nSPS) is 24.3. The van der Waals surface area contributed by atoms with Gasteiger partial charge in [0, 0.05) is 25.0 Å². The van der Waals surface area contributed by atoms with Gasteiger partial charge in [0.25, 0.3) is 0 Å². The van der Waals surface area contributed by atoms with Crippen molar-refractivity contribution in [2.75, 3.05) is 11.9 Å². The van der Waals surface area contributed by atoms with Gasteiger partial charge in [-0.15, -0.1) is 0 Å². The number of nitrogens with one attached hydrogen (secondary N) is 1. The molecule has 0 spiro atoms. The van der Waals surface area contributed by atoms with E-state index in [2.05, 4.69) is 15.4 Å². The van der Waals surface area contributed by atoms with Gasteiger partial charge in [-0.05, 0) is 37.7 Å². The first kappa shape index (κ1) is 11.5. The number of fused-ring (bicyclic) bond motifs is 1. The van der Waals surface area contributed by atoms with E-state index in [1.165, 1.54) is 12.8 Å². The molecule has 0 atom stereocenters. The van der Waals surface area contributed by atoms with E-state index in [9.17, 15) is 0 Å². The average molecular weight is 245 g/mol. The zero-order valence-corrected chi connectivity index (χ0v) is 10.4. The minimum absolute atomic E-state index is 0.414. The number of hydrogen-bond donors (Lipinski definition) is 2. The molecule has 0 saturated heterocycles. The Hall–Kier alpha value is -1.62. The maximum Gasteiger partial charge on any atom is 0.152 e. The van der Waals surface area contributed by atoms with Crippen LogP contribution in [0, 0.1) is 5.92 Å². The molecular formula is C13H19N5. The highest BCUT2D eigenvalue weighted by molar-refractivity contribution is 5.66. The molecule has 0 aromatic carbocycles. The molecular weight excluding hydrogens is 226 g/mol. The highest BCUT2D eigenvalue weighted by Crippen LogP contribution is 2.23. The van der Waals surface area contributed by atoms with Crippen molar-refractivity contribution in [2.45, 2.75) is 31.7 Å². The number of nitrogens with two attached hydrogens (primary N) is 1. The fourth-order valence-electron chi connectivity index (χ4n) is 2.63. The second kappa shape index (κ2) is 4.94. The number of rotatable bonds is 3. The van der Waals surface area contributed by atoms with Gasteiger partial charge in [-0.1, -0.05) is 0 Å². The fourth-order valence-corrected chi connectivity index (χ4v) is 2.63. The molecule has 2 aromatic heterocycles. The fraction of sp³-hybridized carbons (Fsp3) is 0.538. The molecule has 0 aliphatic heterocycles. The van der Waals surface area contributed by atoms with Gasteiger partial charge in [0.05, 0.1) is 6.20 Å². The summed E-state index contributed by atoms with van der Waals surface area (Å²) < 4.78 is 1.84. The summed E-state index contributed by atoms with van der Waals surface area (Å²) in [7, 11) is 0. The molecule has 1 fully saturated rings. The predicted octanol–water partition coefficient (Wildman–Crippen LogP) is 1.66. The first-order chi connectivity index (χ1) is 8.83. The Balaban J connectivity index is 1.64. The van der Waals surface area contributed by atoms with Gasteiger partial charge < -0.3 is 11.1 Å². The summed E-state index contributed by atoms with van der Waals surface area (Å²) in [6.07, 6.45) is 10.2. The van der Waals surface area contributed by atoms with Crippen LogP contribution in [0.2, 0.25) is 0 Å². The maximum atomic E-state index is 5.92. The molecule has 0 bridgehead atoms. The monoisotopic (exact) mass is 245 g/mol. The van der Waals surface area contributed by atoms with Crippen molar-refractivity contribution in [2.24, 2.45) is 11.7 Å². The molecule has 3 rings (SSSR count). The summed E-state index contributed by atoms with van der Waals surface area (Å²) in [5.74, 6) is 1.64. The van der Waals surface area contributed by atoms with Crippen LogP contribution < -0.4 is 11.1 Å². The molecule has 1 saturated carbocycles. The Morgan fingerprint density at radius 3 is 2.94 bits per heavy atom. The van der Waals surface area contributed by atoms with Crippen LogP contribution in [0.4, 0.5) is 5.82 Å². The lowest BCUT2D eigenvalue weighted by molar-refractivity contribution is 0.338. The van der Waals surface area contributed by atoms with E-state index in [4.69, 9.17) is 5.73 Å². The molecule has 0 unspecified atom stereocenters. The van der Waals surface area contributed by atoms with Crippen molar-refractivity contribution in [1.82, 2.24) is 14.6 Å². The summed E-state index contributed by atoms with van der Waals surface area (Å²) in [5.41, 5.74) is 6.95. The molecule has 0 radical (unpaired) electrons. The minimum atomic E-state index is 0.414. The zero-order valence-electron chi connectivity index (χ0n) is 10.4. The summed E-state index contributed by atoms with van der Waals surface area (Å²) >= 11 is 0. The van der Waals surface area contributed by atoms with Crippen molar-refractivity contribution in [3.63, 3.8) is 0 Å². The average Bonchev–Trinajstić information content (AvgIpc) is 2.87. The Morgan fingerprint density at radius 1 is 1.28 bits per heavy atom. The van der Waals surface area contributed by atoms with Gasteiger partial charge >= 0.3 is 0 Å². The van der Waals surface area contributed by atoms with E-state index in [0.29, 0.717) is 6.04 Å². The van der Waals surface area contributed by atoms with E-state index in [1.54, 1.807) is 12.4 Å². The van der Waals surface area contributed by atoms with Crippen LogP contribution in [0.1, 0.15) is 25.7 Å². The predicted molar refractivity (Wildman–Crippen MR) is 71.4 cm³/mol. The highest BCUT2D eigenvalue weighted by atomic mass is 15.2. The number of nitrogens with zero attached hydrogens (tertiary/aromatic N) is 3. The Morgan fingerprint density at radius 2 is 2.11 bits per heavy atom. The number of aromatic nitrogens is 3. The Labute approximate surface area is 106 Å². The van der Waals surface area contributed by atoms with E-state index in [1.807, 2.05) is 16.8 Å². The topological polar surface area (TPSA) is 68.2 Å². The summed E-state index contributed by atoms with van der Waals surface area (Å²) in [6.45, 7) is 0.977. The second-order valence-corrected chi connectivity index (χ2v) is 5.10. The number of hydrogen-bond acceptors (Lipinski definition) is 4. The summed E-state index contributed by atoms with van der Waals surface area (Å²) in [5, 5.41) is 7.65. The van der Waals surface area contributed by atoms with Crippen LogP contribution in [0.25, 0.3) is 5.52 Å². The van der Waals surface area contributed by atoms with Crippen molar-refractivity contribution >= 4 is 11.3 Å². The van der Waals surface area contributed by atoms with Crippen LogP contribution >= 0.6 is 0 Å². The molecule has 5 nitrogen and oxygen atoms in total. The van der Waals surface area contributed by atoms with Crippen LogP contribution in [-0.4, -0.2) is 27.2 Å². The first-order valence-corrected chi connectivity index (χ1v) is 6.61. The van der Waals surface area contributed by atoms with Crippen LogP contribution in [-0.2, 0) is 0 Å². The third kappa shape index (κ3) is 2.31. The van der Waals surface area contributed by atoms with Crippen LogP contribution in [0.3, 0.4) is 0 Å². The van der Waals surface area contributed by atoms with Crippen molar-refractivity contribution < 1.29 is 0 Å². The molecule has 3 N–H and O–H groups in total. The Bertz CT molecular complexity index is 513. The van der Waals surface area contributed by atoms with E-state index < -0.39 is 0 Å². The lowest BCUT2D eigenvalue weighted by atomic mass is 9.86. The third-order valence-corrected chi connectivity index (χ3v) is 3.77. The maximum absolute atomic E-state index is 5.92. The van der Waals surface area contributed by atoms with E-state index >= 15 is 0 Å². The van der Waals surface area contributed by atoms with Gasteiger partial charge in [-0.3, -0.25) is 0 Å². The highest BCUT2D eigenvalue weighted by Gasteiger charge is 2.18. The summed E-state index contributed by atoms with van der Waals surface area (Å²) in [6, 6.07) is 2.39. The Kier molecular flexibility index (Phi) is 3.15. The van der Waals surface area contributed by atoms with Crippen LogP contribution in [0.5, 0.6) is 0 Å². The van der Waals surface area contributed by atoms with Crippen LogP contribution in [0.15, 0.2) is 24.7 Å². The molecule has 1 aliphatic carbocycles. The lowest BCUT2D eigenvalue weighted by Gasteiger charge is -2.26. The lowest BCUT2D eigenvalue weighted by Crippen LogP contribution is -2.29. The zero-order chi connectivity index (χ0) is 12.4. The van der Waals surface area contributed by atoms with Gasteiger partial charge in [0.1, 0.15) is 5.52 Å². The number of anilines is 1. The van der Waals surface area contributed by atoms with Gasteiger partial charge in [-0.2, -0.15) is 5.10 Å². The van der Waals surface area contributed by atoms with E-state index in [-0.39, 0.29) is 0 Å². The molecule has 5 heteroatoms. The molecule has 18 heavy (non-hydrogen) atoms. The largest absolute Gasteiger partial charge is 0.368 e. The van der Waals surface area contributed by atoms with Crippen molar-refractivity contribution in [3.05, 3.63) is 24.7 Å². The summed E-state index contributed by atoms with van der Waals surface area (Å²) in [4.78, 5) is 4.38. The molecule has 96 valence electrons. The second-order valence-electron chi connectivity index (χ2n) is 5.10. The molecule has 1 aliphatic rings. The van der Waals surface area contributed by atoms with Crippen molar-refractivity contribution in [1.29, 1.82) is 0 Å². The molecule has 0 amide bonds. The van der Waals surface area contributed by atoms with Gasteiger partial charge in [-0.25, -0.2) is 9.50 Å².